The molecule has 2 aromatic rings. The molecule has 1 fully saturated rings. The van der Waals surface area contributed by atoms with Crippen molar-refractivity contribution in [3.63, 3.8) is 0 Å². The van der Waals surface area contributed by atoms with Crippen molar-refractivity contribution in [1.29, 1.82) is 0 Å². The van der Waals surface area contributed by atoms with Crippen LogP contribution in [0.1, 0.15) is 25.0 Å². The molecular formula is C17H23ClN2O2. The molecule has 120 valence electrons. The molecule has 0 spiro atoms. The predicted octanol–water partition coefficient (Wildman–Crippen LogP) is 2.34. The van der Waals surface area contributed by atoms with Gasteiger partial charge in [0.25, 0.3) is 5.56 Å². The smallest absolute Gasteiger partial charge is 0.256 e. The number of aromatic amines is 1. The molecular weight excluding hydrogens is 300 g/mol. The molecule has 2 heterocycles. The van der Waals surface area contributed by atoms with Gasteiger partial charge in [0, 0.05) is 17.1 Å². The molecule has 0 bridgehead atoms. The van der Waals surface area contributed by atoms with Gasteiger partial charge < -0.3 is 10.1 Å². The Morgan fingerprint density at radius 2 is 2.14 bits per heavy atom. The largest absolute Gasteiger partial charge is 0.395 e. The summed E-state index contributed by atoms with van der Waals surface area (Å²) in [4.78, 5) is 17.4. The number of pyridine rings is 1. The Morgan fingerprint density at radius 3 is 2.95 bits per heavy atom. The summed E-state index contributed by atoms with van der Waals surface area (Å²) in [5.41, 5.74) is 0.996. The van der Waals surface area contributed by atoms with E-state index in [9.17, 15) is 9.90 Å². The first kappa shape index (κ1) is 17.0. The highest BCUT2D eigenvalue weighted by Crippen LogP contribution is 2.17. The number of halogens is 1. The van der Waals surface area contributed by atoms with Gasteiger partial charge >= 0.3 is 0 Å². The first-order valence-corrected chi connectivity index (χ1v) is 7.74. The van der Waals surface area contributed by atoms with E-state index in [1.807, 2.05) is 24.3 Å². The minimum Gasteiger partial charge on any atom is -0.395 e. The maximum Gasteiger partial charge on any atom is 0.256 e. The average molecular weight is 323 g/mol. The summed E-state index contributed by atoms with van der Waals surface area (Å²) in [7, 11) is 0. The highest BCUT2D eigenvalue weighted by molar-refractivity contribution is 5.85. The molecule has 1 atom stereocenters. The number of aromatic nitrogens is 1. The zero-order chi connectivity index (χ0) is 14.7. The minimum atomic E-state index is -0.00231. The standard InChI is InChI=1S/C17H22N2O2.ClH/c20-12-15-7-4-10-19(15)9-3-6-14-11-13-5-1-2-8-16(13)17(21)18-14;/h1-2,5,8,11,15,20H,3-4,6-7,9-10,12H2,(H,18,21);1H/t15-;/m1./s1. The SMILES string of the molecule is Cl.O=c1[nH]c(CCCN2CCC[C@@H]2CO)cc2ccccc12. The Bertz CT molecular complexity index is 671. The van der Waals surface area contributed by atoms with Gasteiger partial charge in [0.05, 0.1) is 6.61 Å². The monoisotopic (exact) mass is 322 g/mol. The molecule has 1 saturated heterocycles. The lowest BCUT2D eigenvalue weighted by molar-refractivity contribution is 0.158. The first-order chi connectivity index (χ1) is 10.3. The lowest BCUT2D eigenvalue weighted by atomic mass is 10.1. The van der Waals surface area contributed by atoms with Gasteiger partial charge in [0.2, 0.25) is 0 Å². The van der Waals surface area contributed by atoms with Crippen LogP contribution in [0.25, 0.3) is 10.8 Å². The summed E-state index contributed by atoms with van der Waals surface area (Å²) in [5, 5.41) is 11.1. The quantitative estimate of drug-likeness (QED) is 0.888. The van der Waals surface area contributed by atoms with Gasteiger partial charge in [-0.05, 0) is 56.3 Å². The van der Waals surface area contributed by atoms with Gasteiger partial charge in [-0.3, -0.25) is 9.69 Å². The summed E-state index contributed by atoms with van der Waals surface area (Å²) in [6, 6.07) is 10.1. The van der Waals surface area contributed by atoms with Crippen LogP contribution >= 0.6 is 12.4 Å². The van der Waals surface area contributed by atoms with Crippen LogP contribution < -0.4 is 5.56 Å². The van der Waals surface area contributed by atoms with Crippen molar-refractivity contribution in [2.75, 3.05) is 19.7 Å². The van der Waals surface area contributed by atoms with E-state index >= 15 is 0 Å². The summed E-state index contributed by atoms with van der Waals surface area (Å²) >= 11 is 0. The van der Waals surface area contributed by atoms with E-state index in [-0.39, 0.29) is 24.6 Å². The van der Waals surface area contributed by atoms with Gasteiger partial charge in [-0.25, -0.2) is 0 Å². The van der Waals surface area contributed by atoms with Crippen molar-refractivity contribution in [3.8, 4) is 0 Å². The number of aliphatic hydroxyl groups is 1. The van der Waals surface area contributed by atoms with Gasteiger partial charge in [-0.2, -0.15) is 0 Å². The molecule has 0 saturated carbocycles. The molecule has 0 unspecified atom stereocenters. The van der Waals surface area contributed by atoms with Gasteiger partial charge in [0.1, 0.15) is 0 Å². The normalized spacial score (nSPS) is 18.5. The highest BCUT2D eigenvalue weighted by Gasteiger charge is 2.22. The predicted molar refractivity (Wildman–Crippen MR) is 91.8 cm³/mol. The lowest BCUT2D eigenvalue weighted by Crippen LogP contribution is -2.33. The van der Waals surface area contributed by atoms with Crippen LogP contribution in [0.2, 0.25) is 0 Å². The van der Waals surface area contributed by atoms with E-state index in [2.05, 4.69) is 16.0 Å². The third-order valence-corrected chi connectivity index (χ3v) is 4.41. The molecule has 1 aromatic carbocycles. The van der Waals surface area contributed by atoms with Crippen LogP contribution in [-0.2, 0) is 6.42 Å². The van der Waals surface area contributed by atoms with Crippen molar-refractivity contribution >= 4 is 23.2 Å². The number of likely N-dealkylation sites (tertiary alicyclic amines) is 1. The number of fused-ring (bicyclic) bond motifs is 1. The van der Waals surface area contributed by atoms with Crippen molar-refractivity contribution in [2.45, 2.75) is 31.7 Å². The second-order valence-corrected chi connectivity index (χ2v) is 5.83. The number of nitrogens with one attached hydrogen (secondary N) is 1. The lowest BCUT2D eigenvalue weighted by Gasteiger charge is -2.22. The van der Waals surface area contributed by atoms with Crippen molar-refractivity contribution in [1.82, 2.24) is 9.88 Å². The Morgan fingerprint density at radius 1 is 1.32 bits per heavy atom. The maximum absolute atomic E-state index is 12.0. The van der Waals surface area contributed by atoms with E-state index in [4.69, 9.17) is 0 Å². The molecule has 3 rings (SSSR count). The van der Waals surface area contributed by atoms with E-state index in [0.29, 0.717) is 6.04 Å². The topological polar surface area (TPSA) is 56.3 Å². The van der Waals surface area contributed by atoms with E-state index in [1.165, 1.54) is 6.42 Å². The third kappa shape index (κ3) is 3.69. The molecule has 4 nitrogen and oxygen atoms in total. The van der Waals surface area contributed by atoms with Gasteiger partial charge in [0.15, 0.2) is 0 Å². The fourth-order valence-electron chi connectivity index (χ4n) is 3.27. The fraction of sp³-hybridized carbons (Fsp3) is 0.471. The molecule has 5 heteroatoms. The number of hydrogen-bond acceptors (Lipinski definition) is 3. The zero-order valence-corrected chi connectivity index (χ0v) is 13.4. The summed E-state index contributed by atoms with van der Waals surface area (Å²) in [6.45, 7) is 2.33. The summed E-state index contributed by atoms with van der Waals surface area (Å²) in [5.74, 6) is 0. The van der Waals surface area contributed by atoms with E-state index in [0.717, 1.165) is 48.8 Å². The highest BCUT2D eigenvalue weighted by atomic mass is 35.5. The van der Waals surface area contributed by atoms with E-state index < -0.39 is 0 Å². The van der Waals surface area contributed by atoms with Crippen LogP contribution in [0.3, 0.4) is 0 Å². The number of rotatable bonds is 5. The van der Waals surface area contributed by atoms with Gasteiger partial charge in [-0.15, -0.1) is 12.4 Å². The molecule has 0 aliphatic carbocycles. The number of nitrogens with zero attached hydrogens (tertiary/aromatic N) is 1. The summed E-state index contributed by atoms with van der Waals surface area (Å²) in [6.07, 6.45) is 4.15. The van der Waals surface area contributed by atoms with Crippen LogP contribution in [0.4, 0.5) is 0 Å². The molecule has 1 aromatic heterocycles. The Balaban J connectivity index is 0.00000176. The van der Waals surface area contributed by atoms with E-state index in [1.54, 1.807) is 0 Å². The van der Waals surface area contributed by atoms with Crippen LogP contribution in [-0.4, -0.2) is 40.7 Å². The first-order valence-electron chi connectivity index (χ1n) is 7.74. The Hall–Kier alpha value is -1.36. The number of aryl methyl sites for hydroxylation is 1. The maximum atomic E-state index is 12.0. The van der Waals surface area contributed by atoms with Gasteiger partial charge in [-0.1, -0.05) is 18.2 Å². The minimum absolute atomic E-state index is 0. The van der Waals surface area contributed by atoms with Crippen LogP contribution in [0.5, 0.6) is 0 Å². The molecule has 2 N–H and O–H groups in total. The molecule has 0 radical (unpaired) electrons. The summed E-state index contributed by atoms with van der Waals surface area (Å²) < 4.78 is 0. The number of benzene rings is 1. The fourth-order valence-corrected chi connectivity index (χ4v) is 3.27. The molecule has 1 aliphatic heterocycles. The Labute approximate surface area is 136 Å². The Kier molecular flexibility index (Phi) is 6.00. The number of hydrogen-bond donors (Lipinski definition) is 2. The van der Waals surface area contributed by atoms with Crippen molar-refractivity contribution in [3.05, 3.63) is 46.4 Å². The zero-order valence-electron chi connectivity index (χ0n) is 12.6. The van der Waals surface area contributed by atoms with Crippen LogP contribution in [0.15, 0.2) is 35.1 Å². The van der Waals surface area contributed by atoms with Crippen molar-refractivity contribution < 1.29 is 5.11 Å². The number of aliphatic hydroxyl groups excluding tert-OH is 1. The van der Waals surface area contributed by atoms with Crippen molar-refractivity contribution in [2.24, 2.45) is 0 Å². The van der Waals surface area contributed by atoms with Crippen LogP contribution in [0, 0.1) is 0 Å². The molecule has 0 amide bonds. The second kappa shape index (κ2) is 7.77. The average Bonchev–Trinajstić information content (AvgIpc) is 2.95. The molecule has 1 aliphatic rings. The molecule has 22 heavy (non-hydrogen) atoms. The number of H-pyrrole nitrogens is 1. The second-order valence-electron chi connectivity index (χ2n) is 5.83. The third-order valence-electron chi connectivity index (χ3n) is 4.41.